The van der Waals surface area contributed by atoms with Crippen LogP contribution in [0.25, 0.3) is 0 Å². The van der Waals surface area contributed by atoms with E-state index in [1.54, 1.807) is 0 Å². The van der Waals surface area contributed by atoms with Gasteiger partial charge < -0.3 is 20.9 Å². The largest absolute Gasteiger partial charge is 0.389 e. The van der Waals surface area contributed by atoms with Gasteiger partial charge in [0.1, 0.15) is 0 Å². The van der Waals surface area contributed by atoms with E-state index >= 15 is 0 Å². The van der Waals surface area contributed by atoms with Gasteiger partial charge in [-0.15, -0.1) is 0 Å². The van der Waals surface area contributed by atoms with Crippen LogP contribution >= 0.6 is 0 Å². The number of nitrogens with two attached hydrogens (primary N) is 1. The standard InChI is InChI=1S/C15H30N2O3/c1-12-6-2-3-7-14(12)20-11-13(18)10-17-9-5-4-8-15(16)19/h12-14,17-18H,2-11H2,1H3,(H2,16,19). The summed E-state index contributed by atoms with van der Waals surface area (Å²) in [5.74, 6) is 0.359. The predicted molar refractivity (Wildman–Crippen MR) is 79.3 cm³/mol. The predicted octanol–water partition coefficient (Wildman–Crippen LogP) is 1.19. The first kappa shape index (κ1) is 17.4. The first-order valence-electron chi connectivity index (χ1n) is 7.88. The molecule has 0 aromatic rings. The lowest BCUT2D eigenvalue weighted by Gasteiger charge is -2.29. The number of aliphatic hydroxyl groups is 1. The number of hydrogen-bond acceptors (Lipinski definition) is 4. The average molecular weight is 286 g/mol. The van der Waals surface area contributed by atoms with Crippen LogP contribution in [0.15, 0.2) is 0 Å². The summed E-state index contributed by atoms with van der Waals surface area (Å²) in [7, 11) is 0. The number of amides is 1. The summed E-state index contributed by atoms with van der Waals surface area (Å²) in [6.07, 6.45) is 6.89. The SMILES string of the molecule is CC1CCCCC1OCC(O)CNCCCCC(N)=O. The van der Waals surface area contributed by atoms with Crippen molar-refractivity contribution in [2.75, 3.05) is 19.7 Å². The lowest BCUT2D eigenvalue weighted by atomic mass is 9.88. The van der Waals surface area contributed by atoms with Crippen LogP contribution in [0.4, 0.5) is 0 Å². The van der Waals surface area contributed by atoms with Gasteiger partial charge in [-0.2, -0.15) is 0 Å². The van der Waals surface area contributed by atoms with Gasteiger partial charge in [0, 0.05) is 13.0 Å². The molecule has 5 nitrogen and oxygen atoms in total. The molecule has 0 radical (unpaired) electrons. The molecule has 1 amide bonds. The molecular formula is C15H30N2O3. The number of rotatable bonds is 10. The molecule has 20 heavy (non-hydrogen) atoms. The van der Waals surface area contributed by atoms with Crippen molar-refractivity contribution in [1.29, 1.82) is 0 Å². The Labute approximate surface area is 122 Å². The van der Waals surface area contributed by atoms with Gasteiger partial charge in [0.05, 0.1) is 18.8 Å². The van der Waals surface area contributed by atoms with Gasteiger partial charge in [-0.3, -0.25) is 4.79 Å². The molecule has 1 rings (SSSR count). The van der Waals surface area contributed by atoms with Gasteiger partial charge in [0.15, 0.2) is 0 Å². The monoisotopic (exact) mass is 286 g/mol. The van der Waals surface area contributed by atoms with E-state index < -0.39 is 6.10 Å². The summed E-state index contributed by atoms with van der Waals surface area (Å²) in [5, 5.41) is 13.0. The maximum absolute atomic E-state index is 10.5. The summed E-state index contributed by atoms with van der Waals surface area (Å²) in [4.78, 5) is 10.5. The molecular weight excluding hydrogens is 256 g/mol. The maximum atomic E-state index is 10.5. The highest BCUT2D eigenvalue weighted by Gasteiger charge is 2.22. The number of hydrogen-bond donors (Lipinski definition) is 3. The summed E-state index contributed by atoms with van der Waals surface area (Å²) in [6, 6.07) is 0. The van der Waals surface area contributed by atoms with E-state index in [9.17, 15) is 9.90 Å². The highest BCUT2D eigenvalue weighted by Crippen LogP contribution is 2.26. The van der Waals surface area contributed by atoms with Crippen LogP contribution in [-0.4, -0.2) is 42.9 Å². The van der Waals surface area contributed by atoms with Crippen LogP contribution in [0.5, 0.6) is 0 Å². The number of ether oxygens (including phenoxy) is 1. The summed E-state index contributed by atoms with van der Waals surface area (Å²) >= 11 is 0. The van der Waals surface area contributed by atoms with Crippen LogP contribution in [0.2, 0.25) is 0 Å². The van der Waals surface area contributed by atoms with Crippen molar-refractivity contribution in [3.05, 3.63) is 0 Å². The Hall–Kier alpha value is -0.650. The molecule has 1 aliphatic carbocycles. The van der Waals surface area contributed by atoms with Gasteiger partial charge in [0.25, 0.3) is 0 Å². The van der Waals surface area contributed by atoms with Gasteiger partial charge in [-0.1, -0.05) is 19.8 Å². The maximum Gasteiger partial charge on any atom is 0.217 e. The molecule has 0 heterocycles. The first-order chi connectivity index (χ1) is 9.59. The fraction of sp³-hybridized carbons (Fsp3) is 0.933. The van der Waals surface area contributed by atoms with Gasteiger partial charge in [-0.25, -0.2) is 0 Å². The number of carbonyl (C=O) groups is 1. The number of carbonyl (C=O) groups excluding carboxylic acids is 1. The lowest BCUT2D eigenvalue weighted by molar-refractivity contribution is -0.118. The van der Waals surface area contributed by atoms with E-state index in [1.807, 2.05) is 0 Å². The number of primary amides is 1. The average Bonchev–Trinajstić information content (AvgIpc) is 2.41. The van der Waals surface area contributed by atoms with Crippen molar-refractivity contribution in [2.24, 2.45) is 11.7 Å². The molecule has 0 bridgehead atoms. The first-order valence-corrected chi connectivity index (χ1v) is 7.88. The Morgan fingerprint density at radius 1 is 1.40 bits per heavy atom. The fourth-order valence-corrected chi connectivity index (χ4v) is 2.64. The van der Waals surface area contributed by atoms with Crippen molar-refractivity contribution in [1.82, 2.24) is 5.32 Å². The minimum absolute atomic E-state index is 0.250. The zero-order chi connectivity index (χ0) is 14.8. The lowest BCUT2D eigenvalue weighted by Crippen LogP contribution is -2.34. The third-order valence-corrected chi connectivity index (χ3v) is 3.94. The molecule has 4 N–H and O–H groups in total. The highest BCUT2D eigenvalue weighted by molar-refractivity contribution is 5.73. The summed E-state index contributed by atoms with van der Waals surface area (Å²) in [5.41, 5.74) is 5.06. The van der Waals surface area contributed by atoms with Crippen molar-refractivity contribution >= 4 is 5.91 Å². The molecule has 1 fully saturated rings. The second-order valence-corrected chi connectivity index (χ2v) is 5.91. The Bertz CT molecular complexity index is 274. The van der Waals surface area contributed by atoms with Crippen molar-refractivity contribution in [3.8, 4) is 0 Å². The second kappa shape index (κ2) is 10.1. The van der Waals surface area contributed by atoms with Crippen LogP contribution in [0.3, 0.4) is 0 Å². The van der Waals surface area contributed by atoms with E-state index in [-0.39, 0.29) is 5.91 Å². The molecule has 3 unspecified atom stereocenters. The zero-order valence-electron chi connectivity index (χ0n) is 12.6. The smallest absolute Gasteiger partial charge is 0.217 e. The van der Waals surface area contributed by atoms with E-state index in [2.05, 4.69) is 12.2 Å². The molecule has 0 spiro atoms. The van der Waals surface area contributed by atoms with Crippen LogP contribution in [0, 0.1) is 5.92 Å². The van der Waals surface area contributed by atoms with Crippen LogP contribution in [-0.2, 0) is 9.53 Å². The van der Waals surface area contributed by atoms with Crippen LogP contribution in [0.1, 0.15) is 51.9 Å². The minimum Gasteiger partial charge on any atom is -0.389 e. The highest BCUT2D eigenvalue weighted by atomic mass is 16.5. The topological polar surface area (TPSA) is 84.6 Å². The second-order valence-electron chi connectivity index (χ2n) is 5.91. The molecule has 118 valence electrons. The molecule has 0 aromatic carbocycles. The molecule has 3 atom stereocenters. The van der Waals surface area contributed by atoms with Crippen molar-refractivity contribution in [3.63, 3.8) is 0 Å². The van der Waals surface area contributed by atoms with Gasteiger partial charge in [-0.05, 0) is 38.1 Å². The zero-order valence-corrected chi connectivity index (χ0v) is 12.6. The molecule has 5 heteroatoms. The van der Waals surface area contributed by atoms with E-state index in [0.717, 1.165) is 25.8 Å². The Morgan fingerprint density at radius 3 is 2.85 bits per heavy atom. The van der Waals surface area contributed by atoms with Crippen molar-refractivity contribution in [2.45, 2.75) is 64.1 Å². The van der Waals surface area contributed by atoms with E-state index in [1.165, 1.54) is 19.3 Å². The van der Waals surface area contributed by atoms with Gasteiger partial charge >= 0.3 is 0 Å². The third kappa shape index (κ3) is 7.82. The van der Waals surface area contributed by atoms with E-state index in [4.69, 9.17) is 10.5 Å². The Balaban J connectivity index is 1.97. The number of unbranched alkanes of at least 4 members (excludes halogenated alkanes) is 1. The minimum atomic E-state index is -0.458. The fourth-order valence-electron chi connectivity index (χ4n) is 2.64. The number of nitrogens with one attached hydrogen (secondary N) is 1. The molecule has 0 saturated heterocycles. The normalized spacial score (nSPS) is 24.5. The van der Waals surface area contributed by atoms with Crippen molar-refractivity contribution < 1.29 is 14.6 Å². The molecule has 1 saturated carbocycles. The quantitative estimate of drug-likeness (QED) is 0.527. The molecule has 0 aliphatic heterocycles. The van der Waals surface area contributed by atoms with E-state index in [0.29, 0.717) is 31.6 Å². The number of aliphatic hydroxyl groups excluding tert-OH is 1. The summed E-state index contributed by atoms with van der Waals surface area (Å²) in [6.45, 7) is 3.97. The van der Waals surface area contributed by atoms with Crippen LogP contribution < -0.4 is 11.1 Å². The molecule has 0 aromatic heterocycles. The third-order valence-electron chi connectivity index (χ3n) is 3.94. The Kier molecular flexibility index (Phi) is 8.82. The molecule has 1 aliphatic rings. The Morgan fingerprint density at radius 2 is 2.15 bits per heavy atom. The summed E-state index contributed by atoms with van der Waals surface area (Å²) < 4.78 is 5.82. The van der Waals surface area contributed by atoms with Gasteiger partial charge in [0.2, 0.25) is 5.91 Å².